The standard InChI is InChI=1S/C52H89FN6O12/c1-15-41-52(10,64)46(60)34(6)58(12)28-30(2)24-50(8,63)48(32(4)44(33(5)49(62)69-41)70-43-25-51(9,66-14)47(61)35(7)68-43)71-42-23-39(22-31(3)67-42)57(11)21-20-38-29-59(56-55-38)40(26-53)45(65-13)37-18-16-36(27-54)17-19-37/h16-19,29-35,39-48,60-61,63-64H,15,20-28,54H2,1-14H3/t30-,31-,32+,33-,34-,35+,39+,40-,41-,42+,43+,44+,45-,46-,47+,48-,50-,51-,52-/m1/s1. The van der Waals surface area contributed by atoms with Gasteiger partial charge in [-0.3, -0.25) is 4.79 Å². The minimum atomic E-state index is -1.82. The topological polar surface area (TPSA) is 226 Å². The van der Waals surface area contributed by atoms with Crippen molar-refractivity contribution in [2.45, 2.75) is 211 Å². The Bertz CT molecular complexity index is 1950. The van der Waals surface area contributed by atoms with Crippen LogP contribution in [-0.4, -0.2) is 183 Å². The van der Waals surface area contributed by atoms with E-state index in [1.165, 1.54) is 18.7 Å². The van der Waals surface area contributed by atoms with Gasteiger partial charge in [-0.1, -0.05) is 50.3 Å². The number of alkyl halides is 1. The molecule has 1 aromatic carbocycles. The fourth-order valence-electron chi connectivity index (χ4n) is 11.3. The van der Waals surface area contributed by atoms with Crippen LogP contribution in [0.1, 0.15) is 130 Å². The van der Waals surface area contributed by atoms with E-state index in [9.17, 15) is 29.6 Å². The Balaban J connectivity index is 1.42. The van der Waals surface area contributed by atoms with Crippen molar-refractivity contribution in [1.29, 1.82) is 0 Å². The third-order valence-corrected chi connectivity index (χ3v) is 15.9. The normalized spacial score (nSPS) is 39.4. The van der Waals surface area contributed by atoms with Crippen LogP contribution in [0.2, 0.25) is 0 Å². The van der Waals surface area contributed by atoms with E-state index in [0.717, 1.165) is 11.1 Å². The number of benzene rings is 1. The van der Waals surface area contributed by atoms with Gasteiger partial charge < -0.3 is 69.1 Å². The number of cyclic esters (lactones) is 1. The minimum Gasteiger partial charge on any atom is -0.459 e. The van der Waals surface area contributed by atoms with Crippen LogP contribution in [0, 0.1) is 17.8 Å². The Hall–Kier alpha value is -2.76. The third kappa shape index (κ3) is 14.1. The molecule has 19 atom stereocenters. The Morgan fingerprint density at radius 3 is 2.25 bits per heavy atom. The smallest absolute Gasteiger partial charge is 0.311 e. The predicted molar refractivity (Wildman–Crippen MR) is 265 cm³/mol. The van der Waals surface area contributed by atoms with Gasteiger partial charge in [0.05, 0.1) is 47.2 Å². The maximum Gasteiger partial charge on any atom is 0.311 e. The second-order valence-corrected chi connectivity index (χ2v) is 21.8. The zero-order valence-electron chi connectivity index (χ0n) is 44.9. The number of carbonyl (C=O) groups excluding carboxylic acids is 1. The van der Waals surface area contributed by atoms with Crippen LogP contribution in [0.25, 0.3) is 0 Å². The van der Waals surface area contributed by atoms with Crippen molar-refractivity contribution < 1.29 is 62.8 Å². The van der Waals surface area contributed by atoms with E-state index in [4.69, 9.17) is 38.9 Å². The van der Waals surface area contributed by atoms with E-state index >= 15 is 0 Å². The quantitative estimate of drug-likeness (QED) is 0.146. The Labute approximate surface area is 421 Å². The van der Waals surface area contributed by atoms with Crippen LogP contribution in [0.3, 0.4) is 0 Å². The maximum atomic E-state index is 14.7. The van der Waals surface area contributed by atoms with E-state index in [1.807, 2.05) is 71.0 Å². The van der Waals surface area contributed by atoms with Crippen LogP contribution < -0.4 is 5.73 Å². The molecule has 1 aromatic heterocycles. The average Bonchev–Trinajstić information content (AvgIpc) is 3.80. The Morgan fingerprint density at radius 1 is 0.972 bits per heavy atom. The van der Waals surface area contributed by atoms with Gasteiger partial charge in [0.15, 0.2) is 12.6 Å². The number of hydrogen-bond donors (Lipinski definition) is 5. The summed E-state index contributed by atoms with van der Waals surface area (Å²) in [6.45, 7) is 18.6. The van der Waals surface area contributed by atoms with Crippen LogP contribution in [0.5, 0.6) is 0 Å². The molecule has 0 saturated carbocycles. The van der Waals surface area contributed by atoms with E-state index in [1.54, 1.807) is 47.9 Å². The zero-order chi connectivity index (χ0) is 52.7. The Morgan fingerprint density at radius 2 is 1.65 bits per heavy atom. The van der Waals surface area contributed by atoms with Crippen LogP contribution in [0.4, 0.5) is 4.39 Å². The van der Waals surface area contributed by atoms with E-state index in [2.05, 4.69) is 15.2 Å². The van der Waals surface area contributed by atoms with Crippen molar-refractivity contribution in [3.05, 3.63) is 47.3 Å². The molecule has 5 rings (SSSR count). The fourth-order valence-corrected chi connectivity index (χ4v) is 11.3. The number of methoxy groups -OCH3 is 2. The first kappa shape index (κ1) is 59.1. The van der Waals surface area contributed by atoms with E-state index < -0.39 is 109 Å². The molecular weight excluding hydrogens is 920 g/mol. The maximum absolute atomic E-state index is 14.7. The molecule has 71 heavy (non-hydrogen) atoms. The molecule has 19 heteroatoms. The highest BCUT2D eigenvalue weighted by Gasteiger charge is 2.52. The summed E-state index contributed by atoms with van der Waals surface area (Å²) in [6.07, 6.45) is -4.50. The highest BCUT2D eigenvalue weighted by Crippen LogP contribution is 2.40. The molecule has 3 aliphatic rings. The van der Waals surface area contributed by atoms with Crippen molar-refractivity contribution in [2.24, 2.45) is 23.5 Å². The second kappa shape index (κ2) is 25.2. The summed E-state index contributed by atoms with van der Waals surface area (Å²) < 4.78 is 60.7. The first-order valence-corrected chi connectivity index (χ1v) is 25.7. The summed E-state index contributed by atoms with van der Waals surface area (Å²) in [5, 5.41) is 56.2. The lowest BCUT2D eigenvalue weighted by Gasteiger charge is -2.48. The van der Waals surface area contributed by atoms with Gasteiger partial charge in [0.2, 0.25) is 0 Å². The Kier molecular flexibility index (Phi) is 21.0. The number of nitrogens with two attached hydrogens (primary N) is 1. The molecule has 0 spiro atoms. The number of ether oxygens (including phenoxy) is 7. The third-order valence-electron chi connectivity index (χ3n) is 15.9. The molecule has 2 aromatic rings. The molecule has 18 nitrogen and oxygen atoms in total. The molecule has 3 fully saturated rings. The average molecular weight is 1010 g/mol. The number of nitrogens with zero attached hydrogens (tertiary/aromatic N) is 5. The van der Waals surface area contributed by atoms with Gasteiger partial charge in [-0.2, -0.15) is 0 Å². The van der Waals surface area contributed by atoms with E-state index in [-0.39, 0.29) is 37.3 Å². The summed E-state index contributed by atoms with van der Waals surface area (Å²) in [5.41, 5.74) is 3.87. The number of halogens is 1. The number of aromatic nitrogens is 3. The van der Waals surface area contributed by atoms with Gasteiger partial charge in [-0.05, 0) is 98.9 Å². The molecule has 0 radical (unpaired) electrons. The minimum absolute atomic E-state index is 0.00950. The van der Waals surface area contributed by atoms with Crippen molar-refractivity contribution in [3.63, 3.8) is 0 Å². The lowest BCUT2D eigenvalue weighted by molar-refractivity contribution is -0.308. The van der Waals surface area contributed by atoms with Gasteiger partial charge in [0.1, 0.15) is 42.7 Å². The first-order chi connectivity index (χ1) is 33.3. The molecular formula is C52H89FN6O12. The number of aliphatic hydroxyl groups is 4. The number of likely N-dealkylation sites (N-methyl/N-ethyl adjacent to an activating group) is 2. The number of rotatable bonds is 16. The van der Waals surface area contributed by atoms with Gasteiger partial charge in [0, 0.05) is 77.3 Å². The molecule has 4 heterocycles. The SMILES string of the molecule is CC[C@H]1OC(=O)[C@H](C)[C@@H](O[C@H]2C[C@@](C)(OC)[C@@H](O)[C@H](C)O2)[C@H](C)[C@@H](O[C@H]2C[C@@H](N(C)CCc3cn([C@H](CF)[C@H](OC)c4ccc(CN)cc4)nn3)C[C@@H](C)O2)[C@](C)(O)C[C@@H](C)CN(C)[C@H](C)[C@@H](O)[C@]1(C)O. The molecule has 0 unspecified atom stereocenters. The van der Waals surface area contributed by atoms with Crippen molar-refractivity contribution in [1.82, 2.24) is 24.8 Å². The van der Waals surface area contributed by atoms with E-state index in [0.29, 0.717) is 44.6 Å². The second-order valence-electron chi connectivity index (χ2n) is 21.8. The summed E-state index contributed by atoms with van der Waals surface area (Å²) in [6, 6.07) is 6.31. The van der Waals surface area contributed by atoms with Gasteiger partial charge in [-0.25, -0.2) is 9.07 Å². The highest BCUT2D eigenvalue weighted by molar-refractivity contribution is 5.73. The molecule has 0 aliphatic carbocycles. The van der Waals surface area contributed by atoms with Gasteiger partial charge in [-0.15, -0.1) is 5.10 Å². The lowest BCUT2D eigenvalue weighted by atomic mass is 9.77. The zero-order valence-corrected chi connectivity index (χ0v) is 44.9. The number of carbonyl (C=O) groups is 1. The van der Waals surface area contributed by atoms with Crippen molar-refractivity contribution >= 4 is 5.97 Å². The van der Waals surface area contributed by atoms with Crippen LogP contribution >= 0.6 is 0 Å². The molecule has 0 amide bonds. The molecule has 3 aliphatic heterocycles. The van der Waals surface area contributed by atoms with Crippen molar-refractivity contribution in [3.8, 4) is 0 Å². The lowest BCUT2D eigenvalue weighted by Crippen LogP contribution is -2.59. The van der Waals surface area contributed by atoms with Crippen LogP contribution in [0.15, 0.2) is 30.5 Å². The summed E-state index contributed by atoms with van der Waals surface area (Å²) in [4.78, 5) is 18.7. The number of hydrogen-bond acceptors (Lipinski definition) is 17. The molecule has 6 N–H and O–H groups in total. The summed E-state index contributed by atoms with van der Waals surface area (Å²) >= 11 is 0. The summed E-state index contributed by atoms with van der Waals surface area (Å²) in [5.74, 6) is -2.55. The van der Waals surface area contributed by atoms with Gasteiger partial charge >= 0.3 is 5.97 Å². The monoisotopic (exact) mass is 1010 g/mol. The van der Waals surface area contributed by atoms with Crippen molar-refractivity contribution in [2.75, 3.05) is 48.1 Å². The van der Waals surface area contributed by atoms with Crippen LogP contribution in [-0.2, 0) is 50.9 Å². The van der Waals surface area contributed by atoms with Gasteiger partial charge in [0.25, 0.3) is 0 Å². The fraction of sp³-hybridized carbons (Fsp3) is 0.827. The number of esters is 1. The number of aliphatic hydroxyl groups excluding tert-OH is 2. The summed E-state index contributed by atoms with van der Waals surface area (Å²) in [7, 11) is 6.96. The highest BCUT2D eigenvalue weighted by atomic mass is 19.1. The first-order valence-electron chi connectivity index (χ1n) is 25.7. The molecule has 406 valence electrons. The largest absolute Gasteiger partial charge is 0.459 e. The molecule has 0 bridgehead atoms. The predicted octanol–water partition coefficient (Wildman–Crippen LogP) is 4.49. The molecule has 3 saturated heterocycles.